The zero-order chi connectivity index (χ0) is 11.7. The third-order valence-electron chi connectivity index (χ3n) is 1.63. The Morgan fingerprint density at radius 2 is 1.13 bits per heavy atom. The average molecular weight is 227 g/mol. The van der Waals surface area contributed by atoms with E-state index in [9.17, 15) is 26.3 Å². The molecule has 0 heterocycles. The summed E-state index contributed by atoms with van der Waals surface area (Å²) >= 11 is 0. The molecule has 15 heavy (non-hydrogen) atoms. The van der Waals surface area contributed by atoms with Gasteiger partial charge < -0.3 is 0 Å². The van der Waals surface area contributed by atoms with Gasteiger partial charge in [0, 0.05) is 0 Å². The molecule has 0 aliphatic heterocycles. The van der Waals surface area contributed by atoms with Gasteiger partial charge in [0.15, 0.2) is 0 Å². The van der Waals surface area contributed by atoms with Crippen molar-refractivity contribution in [2.45, 2.75) is 12.4 Å². The number of hydrogen-bond acceptors (Lipinski definition) is 0. The predicted molar refractivity (Wildman–Crippen MR) is 40.9 cm³/mol. The van der Waals surface area contributed by atoms with Crippen LogP contribution in [0.25, 0.3) is 0 Å². The second kappa shape index (κ2) is 3.75. The van der Waals surface area contributed by atoms with Gasteiger partial charge in [-0.25, -0.2) is 0 Å². The molecule has 0 aromatic heterocycles. The van der Waals surface area contributed by atoms with Crippen molar-refractivity contribution in [3.63, 3.8) is 0 Å². The molecule has 0 fully saturated rings. The maximum Gasteiger partial charge on any atom is 0.408 e. The van der Waals surface area contributed by atoms with Crippen molar-refractivity contribution < 1.29 is 26.3 Å². The maximum atomic E-state index is 12.1. The van der Waals surface area contributed by atoms with Gasteiger partial charge >= 0.3 is 12.4 Å². The van der Waals surface area contributed by atoms with Crippen molar-refractivity contribution in [2.24, 2.45) is 0 Å². The molecule has 0 unspecified atom stereocenters. The van der Waals surface area contributed by atoms with Crippen LogP contribution < -0.4 is 0 Å². The van der Waals surface area contributed by atoms with Crippen molar-refractivity contribution in [1.82, 2.24) is 0 Å². The predicted octanol–water partition coefficient (Wildman–Crippen LogP) is 3.73. The van der Waals surface area contributed by atoms with Crippen LogP contribution in [0.15, 0.2) is 30.3 Å². The Morgan fingerprint density at radius 1 is 0.733 bits per heavy atom. The van der Waals surface area contributed by atoms with E-state index in [4.69, 9.17) is 0 Å². The monoisotopic (exact) mass is 227 g/mol. The first kappa shape index (κ1) is 11.9. The highest BCUT2D eigenvalue weighted by molar-refractivity contribution is 5.35. The molecule has 0 amide bonds. The smallest absolute Gasteiger partial charge is 0.170 e. The van der Waals surface area contributed by atoms with Crippen LogP contribution in [-0.4, -0.2) is 12.4 Å². The number of hydrogen-bond donors (Lipinski definition) is 0. The lowest BCUT2D eigenvalue weighted by Gasteiger charge is -2.21. The van der Waals surface area contributed by atoms with E-state index in [2.05, 4.69) is 0 Å². The minimum atomic E-state index is -5.40. The summed E-state index contributed by atoms with van der Waals surface area (Å²) in [5, 5.41) is 0. The van der Waals surface area contributed by atoms with Gasteiger partial charge in [0.05, 0.1) is 0 Å². The van der Waals surface area contributed by atoms with Gasteiger partial charge in [-0.15, -0.1) is 0 Å². The second-order valence-corrected chi connectivity index (χ2v) is 2.74. The number of halogens is 6. The Balaban J connectivity index is 3.15. The van der Waals surface area contributed by atoms with Gasteiger partial charge in [-0.1, -0.05) is 30.3 Å². The second-order valence-electron chi connectivity index (χ2n) is 2.74. The Morgan fingerprint density at radius 3 is 1.47 bits per heavy atom. The molecule has 0 saturated heterocycles. The maximum absolute atomic E-state index is 12.1. The SMILES string of the molecule is FC(F)(F)[C](c1ccccc1)C(F)(F)F. The summed E-state index contributed by atoms with van der Waals surface area (Å²) in [5.41, 5.74) is -0.877. The molecular formula is C9H5F6. The van der Waals surface area contributed by atoms with E-state index < -0.39 is 23.8 Å². The molecule has 0 N–H and O–H groups in total. The molecular weight excluding hydrogens is 222 g/mol. The summed E-state index contributed by atoms with van der Waals surface area (Å²) in [6.07, 6.45) is -10.8. The zero-order valence-electron chi connectivity index (χ0n) is 7.15. The third-order valence-corrected chi connectivity index (χ3v) is 1.63. The summed E-state index contributed by atoms with van der Waals surface area (Å²) in [6, 6.07) is 5.13. The van der Waals surface area contributed by atoms with Gasteiger partial charge in [-0.05, 0) is 5.56 Å². The molecule has 0 saturated carbocycles. The van der Waals surface area contributed by atoms with Crippen LogP contribution in [0.1, 0.15) is 5.56 Å². The topological polar surface area (TPSA) is 0 Å². The lowest BCUT2D eigenvalue weighted by atomic mass is 9.98. The van der Waals surface area contributed by atoms with Gasteiger partial charge in [0.1, 0.15) is 0 Å². The highest BCUT2D eigenvalue weighted by atomic mass is 19.4. The first-order chi connectivity index (χ1) is 6.73. The van der Waals surface area contributed by atoms with Gasteiger partial charge in [0.25, 0.3) is 0 Å². The van der Waals surface area contributed by atoms with E-state index in [1.54, 1.807) is 0 Å². The van der Waals surface area contributed by atoms with E-state index in [1.165, 1.54) is 6.07 Å². The molecule has 1 radical (unpaired) electrons. The van der Waals surface area contributed by atoms with Crippen LogP contribution in [0.3, 0.4) is 0 Å². The van der Waals surface area contributed by atoms with Gasteiger partial charge in [0.2, 0.25) is 5.92 Å². The minimum absolute atomic E-state index is 0.774. The Kier molecular flexibility index (Phi) is 2.97. The Hall–Kier alpha value is -1.20. The third kappa shape index (κ3) is 2.87. The van der Waals surface area contributed by atoms with Crippen molar-refractivity contribution >= 4 is 0 Å². The van der Waals surface area contributed by atoms with E-state index in [0.717, 1.165) is 24.3 Å². The number of alkyl halides is 6. The Bertz CT molecular complexity index is 296. The molecule has 1 aromatic carbocycles. The highest BCUT2D eigenvalue weighted by Gasteiger charge is 2.58. The number of benzene rings is 1. The van der Waals surface area contributed by atoms with Crippen molar-refractivity contribution in [3.8, 4) is 0 Å². The van der Waals surface area contributed by atoms with Crippen LogP contribution in [0.4, 0.5) is 26.3 Å². The molecule has 0 nitrogen and oxygen atoms in total. The molecule has 1 aromatic rings. The molecule has 1 rings (SSSR count). The summed E-state index contributed by atoms with van der Waals surface area (Å²) < 4.78 is 72.9. The first-order valence-corrected chi connectivity index (χ1v) is 3.79. The fourth-order valence-electron chi connectivity index (χ4n) is 1.09. The lowest BCUT2D eigenvalue weighted by molar-refractivity contribution is -0.197. The molecule has 0 atom stereocenters. The molecule has 0 bridgehead atoms. The average Bonchev–Trinajstić information content (AvgIpc) is 2.00. The Labute approximate surface area is 81.5 Å². The van der Waals surface area contributed by atoms with Crippen LogP contribution in [-0.2, 0) is 0 Å². The van der Waals surface area contributed by atoms with E-state index in [-0.39, 0.29) is 0 Å². The molecule has 0 spiro atoms. The van der Waals surface area contributed by atoms with Gasteiger partial charge in [-0.3, -0.25) is 0 Å². The quantitative estimate of drug-likeness (QED) is 0.641. The van der Waals surface area contributed by atoms with Crippen molar-refractivity contribution in [2.75, 3.05) is 0 Å². The zero-order valence-corrected chi connectivity index (χ0v) is 7.15. The largest absolute Gasteiger partial charge is 0.408 e. The van der Waals surface area contributed by atoms with Crippen LogP contribution in [0.5, 0.6) is 0 Å². The molecule has 0 aliphatic carbocycles. The highest BCUT2D eigenvalue weighted by Crippen LogP contribution is 2.45. The molecule has 83 valence electrons. The number of rotatable bonds is 1. The first-order valence-electron chi connectivity index (χ1n) is 3.79. The lowest BCUT2D eigenvalue weighted by Crippen LogP contribution is -2.34. The van der Waals surface area contributed by atoms with E-state index >= 15 is 0 Å². The van der Waals surface area contributed by atoms with Crippen molar-refractivity contribution in [3.05, 3.63) is 41.8 Å². The van der Waals surface area contributed by atoms with Crippen LogP contribution in [0, 0.1) is 5.92 Å². The van der Waals surface area contributed by atoms with Gasteiger partial charge in [-0.2, -0.15) is 26.3 Å². The molecule has 0 aliphatic rings. The summed E-state index contributed by atoms with van der Waals surface area (Å²) in [6.45, 7) is 0. The standard InChI is InChI=1S/C9H5F6/c10-8(11,12)7(9(13,14)15)6-4-2-1-3-5-6/h1-5H. The van der Waals surface area contributed by atoms with E-state index in [0.29, 0.717) is 0 Å². The van der Waals surface area contributed by atoms with Crippen molar-refractivity contribution in [1.29, 1.82) is 0 Å². The molecule has 6 heteroatoms. The fourth-order valence-corrected chi connectivity index (χ4v) is 1.09. The summed E-state index contributed by atoms with van der Waals surface area (Å²) in [4.78, 5) is 0. The normalized spacial score (nSPS) is 13.3. The van der Waals surface area contributed by atoms with Crippen LogP contribution >= 0.6 is 0 Å². The van der Waals surface area contributed by atoms with E-state index in [1.807, 2.05) is 0 Å². The fraction of sp³-hybridized carbons (Fsp3) is 0.222. The van der Waals surface area contributed by atoms with Crippen LogP contribution in [0.2, 0.25) is 0 Å². The minimum Gasteiger partial charge on any atom is -0.170 e. The summed E-state index contributed by atoms with van der Waals surface area (Å²) in [5.74, 6) is -2.48. The summed E-state index contributed by atoms with van der Waals surface area (Å²) in [7, 11) is 0.